The summed E-state index contributed by atoms with van der Waals surface area (Å²) < 4.78 is 12.1. The number of carbonyl (C=O) groups is 1. The number of rotatable bonds is 8. The number of hydrogen-bond donors (Lipinski definition) is 1. The van der Waals surface area contributed by atoms with Crippen LogP contribution in [0.3, 0.4) is 0 Å². The van der Waals surface area contributed by atoms with Gasteiger partial charge in [-0.05, 0) is 49.4 Å². The van der Waals surface area contributed by atoms with E-state index >= 15 is 0 Å². The Morgan fingerprint density at radius 1 is 1.23 bits per heavy atom. The Kier molecular flexibility index (Phi) is 7.37. The van der Waals surface area contributed by atoms with E-state index in [1.165, 1.54) is 17.9 Å². The van der Waals surface area contributed by atoms with Gasteiger partial charge < -0.3 is 14.8 Å². The molecule has 9 heteroatoms. The molecular weight excluding hydrogens is 426 g/mol. The lowest BCUT2D eigenvalue weighted by atomic mass is 10.3. The maximum atomic E-state index is 12.8. The summed E-state index contributed by atoms with van der Waals surface area (Å²) in [5, 5.41) is 3.43. The van der Waals surface area contributed by atoms with Crippen LogP contribution in [0.25, 0.3) is 5.69 Å². The zero-order valence-corrected chi connectivity index (χ0v) is 18.0. The van der Waals surface area contributed by atoms with Gasteiger partial charge in [-0.2, -0.15) is 0 Å². The summed E-state index contributed by atoms with van der Waals surface area (Å²) in [6, 6.07) is 12.1. The van der Waals surface area contributed by atoms with Gasteiger partial charge >= 0.3 is 0 Å². The minimum Gasteiger partial charge on any atom is -0.495 e. The molecule has 0 saturated heterocycles. The molecule has 30 heavy (non-hydrogen) atoms. The van der Waals surface area contributed by atoms with E-state index in [1.54, 1.807) is 48.7 Å². The topological polar surface area (TPSA) is 82.5 Å². The van der Waals surface area contributed by atoms with Crippen molar-refractivity contribution in [1.82, 2.24) is 9.55 Å². The van der Waals surface area contributed by atoms with Gasteiger partial charge in [-0.3, -0.25) is 14.2 Å². The van der Waals surface area contributed by atoms with Gasteiger partial charge in [0.1, 0.15) is 11.5 Å². The number of benzene rings is 2. The van der Waals surface area contributed by atoms with Crippen LogP contribution in [-0.2, 0) is 4.79 Å². The molecule has 1 aromatic heterocycles. The smallest absolute Gasteiger partial charge is 0.287 e. The summed E-state index contributed by atoms with van der Waals surface area (Å²) in [5.74, 6) is 0.920. The van der Waals surface area contributed by atoms with E-state index in [0.29, 0.717) is 28.8 Å². The van der Waals surface area contributed by atoms with E-state index in [2.05, 4.69) is 10.3 Å². The second-order valence-electron chi connectivity index (χ2n) is 6.02. The Bertz CT molecular complexity index is 1090. The molecule has 1 amide bonds. The molecule has 2 aromatic carbocycles. The minimum atomic E-state index is -0.307. The third-order valence-corrected chi connectivity index (χ3v) is 5.21. The van der Waals surface area contributed by atoms with E-state index in [9.17, 15) is 9.59 Å². The molecule has 7 nitrogen and oxygen atoms in total. The van der Waals surface area contributed by atoms with Crippen molar-refractivity contribution >= 4 is 35.0 Å². The molecule has 0 spiro atoms. The molecule has 156 valence electrons. The van der Waals surface area contributed by atoms with Crippen molar-refractivity contribution in [3.8, 4) is 17.2 Å². The number of ether oxygens (including phenoxy) is 2. The molecule has 1 heterocycles. The molecule has 1 N–H and O–H groups in total. The summed E-state index contributed by atoms with van der Waals surface area (Å²) in [7, 11) is 1.50. The molecule has 3 aromatic rings. The first kappa shape index (κ1) is 21.7. The van der Waals surface area contributed by atoms with Crippen molar-refractivity contribution in [3.63, 3.8) is 0 Å². The number of carbonyl (C=O) groups excluding carboxylic acids is 1. The molecular formula is C21H20ClN3O4S. The van der Waals surface area contributed by atoms with Crippen molar-refractivity contribution < 1.29 is 14.3 Å². The Morgan fingerprint density at radius 3 is 2.70 bits per heavy atom. The molecule has 0 radical (unpaired) electrons. The zero-order chi connectivity index (χ0) is 21.5. The fourth-order valence-electron chi connectivity index (χ4n) is 2.66. The Labute approximate surface area is 183 Å². The maximum absolute atomic E-state index is 12.8. The molecule has 0 unspecified atom stereocenters. The Morgan fingerprint density at radius 2 is 2.00 bits per heavy atom. The normalized spacial score (nSPS) is 10.5. The molecule has 0 aliphatic carbocycles. The monoisotopic (exact) mass is 445 g/mol. The number of hydrogen-bond acceptors (Lipinski definition) is 6. The highest BCUT2D eigenvalue weighted by Crippen LogP contribution is 2.28. The third kappa shape index (κ3) is 5.34. The standard InChI is InChI=1S/C21H20ClN3O4S/c1-3-29-16-7-5-15(6-8-16)25-11-10-23-20(21(25)27)30-13-19(26)24-17-12-14(22)4-9-18(17)28-2/h4-12H,3,13H2,1-2H3,(H,24,26). The molecule has 0 bridgehead atoms. The second-order valence-corrected chi connectivity index (χ2v) is 7.42. The van der Waals surface area contributed by atoms with Crippen molar-refractivity contribution in [2.75, 3.05) is 24.8 Å². The number of nitrogens with zero attached hydrogens (tertiary/aromatic N) is 2. The van der Waals surface area contributed by atoms with Crippen molar-refractivity contribution in [2.24, 2.45) is 0 Å². The van der Waals surface area contributed by atoms with Gasteiger partial charge in [0.2, 0.25) is 5.91 Å². The summed E-state index contributed by atoms with van der Waals surface area (Å²) in [6.45, 7) is 2.47. The highest BCUT2D eigenvalue weighted by molar-refractivity contribution is 7.99. The molecule has 0 aliphatic rings. The SMILES string of the molecule is CCOc1ccc(-n2ccnc(SCC(=O)Nc3cc(Cl)ccc3OC)c2=O)cc1. The van der Waals surface area contributed by atoms with Crippen LogP contribution < -0.4 is 20.3 Å². The van der Waals surface area contributed by atoms with Gasteiger partial charge in [-0.25, -0.2) is 4.98 Å². The first-order valence-corrected chi connectivity index (χ1v) is 10.4. The quantitative estimate of drug-likeness (QED) is 0.527. The van der Waals surface area contributed by atoms with Crippen LogP contribution in [0.4, 0.5) is 5.69 Å². The van der Waals surface area contributed by atoms with Crippen LogP contribution in [0, 0.1) is 0 Å². The molecule has 3 rings (SSSR count). The molecule has 0 fully saturated rings. The summed E-state index contributed by atoms with van der Waals surface area (Å²) in [6.07, 6.45) is 3.11. The van der Waals surface area contributed by atoms with Crippen molar-refractivity contribution in [1.29, 1.82) is 0 Å². The molecule has 0 atom stereocenters. The number of halogens is 1. The number of aromatic nitrogens is 2. The van der Waals surface area contributed by atoms with Gasteiger partial charge in [0.25, 0.3) is 5.56 Å². The minimum absolute atomic E-state index is 0.00516. The van der Waals surface area contributed by atoms with Crippen LogP contribution in [0.1, 0.15) is 6.92 Å². The number of nitrogens with one attached hydrogen (secondary N) is 1. The first-order chi connectivity index (χ1) is 14.5. The van der Waals surface area contributed by atoms with Crippen LogP contribution in [0.2, 0.25) is 5.02 Å². The molecule has 0 aliphatic heterocycles. The largest absolute Gasteiger partial charge is 0.495 e. The predicted octanol–water partition coefficient (Wildman–Crippen LogP) is 4.02. The van der Waals surface area contributed by atoms with Crippen LogP contribution in [-0.4, -0.2) is 34.9 Å². The van der Waals surface area contributed by atoms with Gasteiger partial charge in [-0.1, -0.05) is 23.4 Å². The summed E-state index contributed by atoms with van der Waals surface area (Å²) in [4.78, 5) is 29.2. The lowest BCUT2D eigenvalue weighted by Gasteiger charge is -2.11. The molecule has 0 saturated carbocycles. The van der Waals surface area contributed by atoms with E-state index in [4.69, 9.17) is 21.1 Å². The fraction of sp³-hybridized carbons (Fsp3) is 0.190. The zero-order valence-electron chi connectivity index (χ0n) is 16.4. The number of methoxy groups -OCH3 is 1. The van der Waals surface area contributed by atoms with Crippen LogP contribution in [0.15, 0.2) is 64.7 Å². The summed E-state index contributed by atoms with van der Waals surface area (Å²) >= 11 is 7.04. The second kappa shape index (κ2) is 10.2. The average molecular weight is 446 g/mol. The fourth-order valence-corrected chi connectivity index (χ4v) is 3.53. The lowest BCUT2D eigenvalue weighted by Crippen LogP contribution is -2.22. The van der Waals surface area contributed by atoms with E-state index in [1.807, 2.05) is 6.92 Å². The van der Waals surface area contributed by atoms with Crippen molar-refractivity contribution in [2.45, 2.75) is 11.9 Å². The van der Waals surface area contributed by atoms with Gasteiger partial charge in [0, 0.05) is 23.1 Å². The number of amides is 1. The lowest BCUT2D eigenvalue weighted by molar-refractivity contribution is -0.113. The highest BCUT2D eigenvalue weighted by atomic mass is 35.5. The van der Waals surface area contributed by atoms with E-state index < -0.39 is 0 Å². The number of thioether (sulfide) groups is 1. The van der Waals surface area contributed by atoms with Gasteiger partial charge in [-0.15, -0.1) is 0 Å². The van der Waals surface area contributed by atoms with E-state index in [0.717, 1.165) is 17.5 Å². The highest BCUT2D eigenvalue weighted by Gasteiger charge is 2.12. The first-order valence-electron chi connectivity index (χ1n) is 9.09. The summed E-state index contributed by atoms with van der Waals surface area (Å²) in [5.41, 5.74) is 0.837. The average Bonchev–Trinajstić information content (AvgIpc) is 2.74. The predicted molar refractivity (Wildman–Crippen MR) is 118 cm³/mol. The van der Waals surface area contributed by atoms with Crippen LogP contribution >= 0.6 is 23.4 Å². The van der Waals surface area contributed by atoms with Crippen molar-refractivity contribution in [3.05, 3.63) is 70.2 Å². The Hall–Kier alpha value is -2.97. The van der Waals surface area contributed by atoms with Gasteiger partial charge in [0.15, 0.2) is 5.03 Å². The third-order valence-electron chi connectivity index (χ3n) is 4.01. The van der Waals surface area contributed by atoms with E-state index in [-0.39, 0.29) is 22.2 Å². The van der Waals surface area contributed by atoms with Crippen LogP contribution in [0.5, 0.6) is 11.5 Å². The Balaban J connectivity index is 1.70. The maximum Gasteiger partial charge on any atom is 0.287 e. The van der Waals surface area contributed by atoms with Gasteiger partial charge in [0.05, 0.1) is 25.2 Å². The number of anilines is 1.